The molecule has 0 bridgehead atoms. The van der Waals surface area contributed by atoms with Gasteiger partial charge in [-0.05, 0) is 19.8 Å². The van der Waals surface area contributed by atoms with E-state index in [1.54, 1.807) is 12.4 Å². The monoisotopic (exact) mass is 207 g/mol. The molecule has 1 aliphatic rings. The van der Waals surface area contributed by atoms with Crippen LogP contribution in [0.5, 0.6) is 0 Å². The number of hydrogen-bond donors (Lipinski definition) is 1. The normalized spacial score (nSPS) is 21.5. The highest BCUT2D eigenvalue weighted by atomic mass is 16.3. The smallest absolute Gasteiger partial charge is 0.0755 e. The summed E-state index contributed by atoms with van der Waals surface area (Å²) >= 11 is 0. The fourth-order valence-corrected chi connectivity index (χ4v) is 1.99. The molecule has 1 saturated heterocycles. The molecule has 2 heterocycles. The van der Waals surface area contributed by atoms with Crippen molar-refractivity contribution in [1.82, 2.24) is 14.9 Å². The molecule has 1 atom stereocenters. The van der Waals surface area contributed by atoms with Gasteiger partial charge in [0, 0.05) is 31.7 Å². The zero-order valence-corrected chi connectivity index (χ0v) is 9.00. The Labute approximate surface area is 90.0 Å². The van der Waals surface area contributed by atoms with Crippen LogP contribution in [-0.4, -0.2) is 39.2 Å². The molecule has 4 nitrogen and oxygen atoms in total. The standard InChI is InChI=1S/C11H17N3O/c1-9(11-8-12-4-5-13-11)14-6-2-10(15)3-7-14/h4-5,8-10,15H,2-3,6-7H2,1H3/t9-/m1/s1. The Bertz CT molecular complexity index is 296. The van der Waals surface area contributed by atoms with Gasteiger partial charge in [-0.3, -0.25) is 14.9 Å². The van der Waals surface area contributed by atoms with Gasteiger partial charge in [0.05, 0.1) is 17.8 Å². The number of rotatable bonds is 2. The first-order valence-corrected chi connectivity index (χ1v) is 5.45. The van der Waals surface area contributed by atoms with Gasteiger partial charge in [-0.1, -0.05) is 0 Å². The van der Waals surface area contributed by atoms with Crippen molar-refractivity contribution in [3.63, 3.8) is 0 Å². The summed E-state index contributed by atoms with van der Waals surface area (Å²) in [4.78, 5) is 10.7. The van der Waals surface area contributed by atoms with E-state index in [-0.39, 0.29) is 6.10 Å². The van der Waals surface area contributed by atoms with Crippen LogP contribution in [0.15, 0.2) is 18.6 Å². The minimum Gasteiger partial charge on any atom is -0.393 e. The van der Waals surface area contributed by atoms with Gasteiger partial charge < -0.3 is 5.11 Å². The lowest BCUT2D eigenvalue weighted by Gasteiger charge is -2.33. The van der Waals surface area contributed by atoms with Crippen molar-refractivity contribution in [2.45, 2.75) is 31.9 Å². The molecular weight excluding hydrogens is 190 g/mol. The predicted molar refractivity (Wildman–Crippen MR) is 57.3 cm³/mol. The first-order valence-electron chi connectivity index (χ1n) is 5.45. The third-order valence-electron chi connectivity index (χ3n) is 3.06. The topological polar surface area (TPSA) is 49.2 Å². The highest BCUT2D eigenvalue weighted by Crippen LogP contribution is 2.21. The molecule has 1 aromatic heterocycles. The number of nitrogens with zero attached hydrogens (tertiary/aromatic N) is 3. The molecule has 15 heavy (non-hydrogen) atoms. The first kappa shape index (κ1) is 10.5. The van der Waals surface area contributed by atoms with Crippen LogP contribution in [0, 0.1) is 0 Å². The summed E-state index contributed by atoms with van der Waals surface area (Å²) in [7, 11) is 0. The molecule has 1 aliphatic heterocycles. The average Bonchev–Trinajstić information content (AvgIpc) is 2.30. The predicted octanol–water partition coefficient (Wildman–Crippen LogP) is 0.994. The van der Waals surface area contributed by atoms with E-state index in [1.165, 1.54) is 0 Å². The molecule has 0 aliphatic carbocycles. The maximum atomic E-state index is 9.42. The van der Waals surface area contributed by atoms with Gasteiger partial charge in [0.2, 0.25) is 0 Å². The first-order chi connectivity index (χ1) is 7.27. The van der Waals surface area contributed by atoms with Crippen molar-refractivity contribution in [2.75, 3.05) is 13.1 Å². The van der Waals surface area contributed by atoms with Crippen molar-refractivity contribution in [3.05, 3.63) is 24.3 Å². The molecule has 1 aromatic rings. The molecular formula is C11H17N3O. The van der Waals surface area contributed by atoms with Crippen LogP contribution in [0.1, 0.15) is 31.5 Å². The average molecular weight is 207 g/mol. The van der Waals surface area contributed by atoms with Crippen molar-refractivity contribution in [3.8, 4) is 0 Å². The largest absolute Gasteiger partial charge is 0.393 e. The van der Waals surface area contributed by atoms with E-state index in [9.17, 15) is 5.11 Å². The van der Waals surface area contributed by atoms with Gasteiger partial charge >= 0.3 is 0 Å². The zero-order chi connectivity index (χ0) is 10.7. The van der Waals surface area contributed by atoms with E-state index in [2.05, 4.69) is 21.8 Å². The zero-order valence-electron chi connectivity index (χ0n) is 9.00. The highest BCUT2D eigenvalue weighted by molar-refractivity contribution is 5.01. The Kier molecular flexibility index (Phi) is 3.28. The Hall–Kier alpha value is -1.00. The van der Waals surface area contributed by atoms with Crippen molar-refractivity contribution in [2.24, 2.45) is 0 Å². The van der Waals surface area contributed by atoms with Crippen LogP contribution in [0.25, 0.3) is 0 Å². The molecule has 0 amide bonds. The van der Waals surface area contributed by atoms with Gasteiger partial charge in [-0.25, -0.2) is 0 Å². The third kappa shape index (κ3) is 2.52. The molecule has 2 rings (SSSR count). The molecule has 0 radical (unpaired) electrons. The van der Waals surface area contributed by atoms with Crippen LogP contribution >= 0.6 is 0 Å². The third-order valence-corrected chi connectivity index (χ3v) is 3.06. The summed E-state index contributed by atoms with van der Waals surface area (Å²) < 4.78 is 0. The van der Waals surface area contributed by atoms with E-state index >= 15 is 0 Å². The molecule has 0 saturated carbocycles. The minimum atomic E-state index is -0.115. The summed E-state index contributed by atoms with van der Waals surface area (Å²) in [5.74, 6) is 0. The number of aliphatic hydroxyl groups excluding tert-OH is 1. The SMILES string of the molecule is C[C@H](c1cnccn1)N1CCC(O)CC1. The number of likely N-dealkylation sites (tertiary alicyclic amines) is 1. The van der Waals surface area contributed by atoms with E-state index in [0.717, 1.165) is 31.6 Å². The van der Waals surface area contributed by atoms with Crippen LogP contribution in [-0.2, 0) is 0 Å². The van der Waals surface area contributed by atoms with Gasteiger partial charge in [0.1, 0.15) is 0 Å². The van der Waals surface area contributed by atoms with Crippen molar-refractivity contribution >= 4 is 0 Å². The van der Waals surface area contributed by atoms with E-state index in [1.807, 2.05) is 6.20 Å². The molecule has 82 valence electrons. The molecule has 0 aromatic carbocycles. The lowest BCUT2D eigenvalue weighted by Crippen LogP contribution is -2.37. The number of piperidine rings is 1. The number of hydrogen-bond acceptors (Lipinski definition) is 4. The molecule has 0 unspecified atom stereocenters. The summed E-state index contributed by atoms with van der Waals surface area (Å²) in [5, 5.41) is 9.42. The number of aromatic nitrogens is 2. The second-order valence-electron chi connectivity index (χ2n) is 4.07. The van der Waals surface area contributed by atoms with Crippen molar-refractivity contribution in [1.29, 1.82) is 0 Å². The Morgan fingerprint density at radius 2 is 2.13 bits per heavy atom. The Morgan fingerprint density at radius 3 is 2.73 bits per heavy atom. The van der Waals surface area contributed by atoms with Crippen LogP contribution in [0.4, 0.5) is 0 Å². The highest BCUT2D eigenvalue weighted by Gasteiger charge is 2.22. The Morgan fingerprint density at radius 1 is 1.40 bits per heavy atom. The second kappa shape index (κ2) is 4.68. The van der Waals surface area contributed by atoms with Crippen molar-refractivity contribution < 1.29 is 5.11 Å². The quantitative estimate of drug-likeness (QED) is 0.786. The maximum absolute atomic E-state index is 9.42. The molecule has 0 spiro atoms. The lowest BCUT2D eigenvalue weighted by atomic mass is 10.1. The molecule has 1 fully saturated rings. The lowest BCUT2D eigenvalue weighted by molar-refractivity contribution is 0.0635. The van der Waals surface area contributed by atoms with Gasteiger partial charge in [0.15, 0.2) is 0 Å². The Balaban J connectivity index is 1.99. The van der Waals surface area contributed by atoms with Gasteiger partial charge in [-0.2, -0.15) is 0 Å². The number of aliphatic hydroxyl groups is 1. The second-order valence-corrected chi connectivity index (χ2v) is 4.07. The van der Waals surface area contributed by atoms with E-state index < -0.39 is 0 Å². The fourth-order valence-electron chi connectivity index (χ4n) is 1.99. The summed E-state index contributed by atoms with van der Waals surface area (Å²) in [5.41, 5.74) is 1.01. The van der Waals surface area contributed by atoms with Crippen LogP contribution in [0.3, 0.4) is 0 Å². The summed E-state index contributed by atoms with van der Waals surface area (Å²) in [6.45, 7) is 4.03. The summed E-state index contributed by atoms with van der Waals surface area (Å²) in [6.07, 6.45) is 6.85. The minimum absolute atomic E-state index is 0.115. The molecule has 1 N–H and O–H groups in total. The maximum Gasteiger partial charge on any atom is 0.0755 e. The fraction of sp³-hybridized carbons (Fsp3) is 0.636. The van der Waals surface area contributed by atoms with Crippen LogP contribution < -0.4 is 0 Å². The van der Waals surface area contributed by atoms with Gasteiger partial charge in [0.25, 0.3) is 0 Å². The van der Waals surface area contributed by atoms with E-state index in [0.29, 0.717) is 6.04 Å². The van der Waals surface area contributed by atoms with Gasteiger partial charge in [-0.15, -0.1) is 0 Å². The molecule has 4 heteroatoms. The summed E-state index contributed by atoms with van der Waals surface area (Å²) in [6, 6.07) is 0.297. The van der Waals surface area contributed by atoms with Crippen LogP contribution in [0.2, 0.25) is 0 Å². The van der Waals surface area contributed by atoms with E-state index in [4.69, 9.17) is 0 Å².